The number of ether oxygens (including phenoxy) is 2. The van der Waals surface area contributed by atoms with Crippen molar-refractivity contribution < 1.29 is 19.1 Å². The molecule has 0 bridgehead atoms. The van der Waals surface area contributed by atoms with Gasteiger partial charge in [-0.25, -0.2) is 0 Å². The summed E-state index contributed by atoms with van der Waals surface area (Å²) < 4.78 is 10.2. The maximum absolute atomic E-state index is 11.6. The molecule has 0 aromatic heterocycles. The molecular weight excluding hydrogens is 340 g/mol. The molecular formula is C23H40O4. The first-order chi connectivity index (χ1) is 12.8. The summed E-state index contributed by atoms with van der Waals surface area (Å²) in [5.41, 5.74) is -0.0398. The van der Waals surface area contributed by atoms with E-state index in [0.717, 1.165) is 12.8 Å². The molecule has 0 aliphatic rings. The molecule has 0 saturated heterocycles. The zero-order chi connectivity index (χ0) is 20.4. The fourth-order valence-corrected chi connectivity index (χ4v) is 2.42. The second kappa shape index (κ2) is 16.7. The van der Waals surface area contributed by atoms with E-state index in [2.05, 4.69) is 18.8 Å². The van der Waals surface area contributed by atoms with E-state index in [0.29, 0.717) is 13.0 Å². The SMILES string of the molecule is CCCCCCCCCCC#CCOC(=O)CCCC(=O)OCC(C)(C)C. The fraction of sp³-hybridized carbons (Fsp3) is 0.826. The average molecular weight is 381 g/mol. The highest BCUT2D eigenvalue weighted by atomic mass is 16.5. The fourth-order valence-electron chi connectivity index (χ4n) is 2.42. The molecule has 0 radical (unpaired) electrons. The van der Waals surface area contributed by atoms with Crippen LogP contribution < -0.4 is 0 Å². The summed E-state index contributed by atoms with van der Waals surface area (Å²) in [5.74, 6) is 5.38. The van der Waals surface area contributed by atoms with Crippen molar-refractivity contribution in [1.29, 1.82) is 0 Å². The van der Waals surface area contributed by atoms with Gasteiger partial charge in [-0.05, 0) is 18.3 Å². The number of hydrogen-bond donors (Lipinski definition) is 0. The molecule has 0 rings (SSSR count). The Bertz CT molecular complexity index is 451. The molecule has 0 aromatic carbocycles. The summed E-state index contributed by atoms with van der Waals surface area (Å²) in [7, 11) is 0. The molecule has 4 nitrogen and oxygen atoms in total. The molecule has 27 heavy (non-hydrogen) atoms. The quantitative estimate of drug-likeness (QED) is 0.216. The third-order valence-corrected chi connectivity index (χ3v) is 4.01. The molecule has 0 atom stereocenters. The van der Waals surface area contributed by atoms with E-state index in [4.69, 9.17) is 9.47 Å². The Balaban J connectivity index is 3.49. The van der Waals surface area contributed by atoms with Crippen LogP contribution in [-0.4, -0.2) is 25.2 Å². The van der Waals surface area contributed by atoms with Crippen LogP contribution in [0.4, 0.5) is 0 Å². The summed E-state index contributed by atoms with van der Waals surface area (Å²) in [6.07, 6.45) is 12.1. The van der Waals surface area contributed by atoms with Gasteiger partial charge in [-0.1, -0.05) is 84.5 Å². The number of hydrogen-bond acceptors (Lipinski definition) is 4. The Morgan fingerprint density at radius 1 is 0.741 bits per heavy atom. The minimum Gasteiger partial charge on any atom is -0.465 e. The minimum atomic E-state index is -0.306. The van der Waals surface area contributed by atoms with E-state index < -0.39 is 0 Å². The van der Waals surface area contributed by atoms with Crippen LogP contribution >= 0.6 is 0 Å². The van der Waals surface area contributed by atoms with E-state index >= 15 is 0 Å². The number of carbonyl (C=O) groups excluding carboxylic acids is 2. The first kappa shape index (κ1) is 25.5. The highest BCUT2D eigenvalue weighted by Crippen LogP contribution is 2.13. The first-order valence-corrected chi connectivity index (χ1v) is 10.6. The van der Waals surface area contributed by atoms with Crippen molar-refractivity contribution in [3.05, 3.63) is 0 Å². The van der Waals surface area contributed by atoms with E-state index in [1.165, 1.54) is 44.9 Å². The van der Waals surface area contributed by atoms with Gasteiger partial charge < -0.3 is 9.47 Å². The number of rotatable bonds is 14. The van der Waals surface area contributed by atoms with Crippen molar-refractivity contribution in [2.75, 3.05) is 13.2 Å². The highest BCUT2D eigenvalue weighted by Gasteiger charge is 2.14. The number of esters is 2. The van der Waals surface area contributed by atoms with Crippen LogP contribution in [0.5, 0.6) is 0 Å². The van der Waals surface area contributed by atoms with Crippen LogP contribution in [0.3, 0.4) is 0 Å². The maximum atomic E-state index is 11.6. The Morgan fingerprint density at radius 3 is 1.89 bits per heavy atom. The summed E-state index contributed by atoms with van der Waals surface area (Å²) >= 11 is 0. The molecule has 156 valence electrons. The van der Waals surface area contributed by atoms with Crippen LogP contribution in [0.25, 0.3) is 0 Å². The predicted octanol–water partition coefficient (Wildman–Crippen LogP) is 5.82. The monoisotopic (exact) mass is 380 g/mol. The van der Waals surface area contributed by atoms with Gasteiger partial charge in [-0.15, -0.1) is 0 Å². The lowest BCUT2D eigenvalue weighted by molar-refractivity contribution is -0.147. The average Bonchev–Trinajstić information content (AvgIpc) is 2.60. The van der Waals surface area contributed by atoms with Gasteiger partial charge >= 0.3 is 11.9 Å². The molecule has 0 aliphatic heterocycles. The first-order valence-electron chi connectivity index (χ1n) is 10.6. The van der Waals surface area contributed by atoms with Crippen LogP contribution in [0.1, 0.15) is 105 Å². The number of unbranched alkanes of at least 4 members (excludes halogenated alkanes) is 8. The van der Waals surface area contributed by atoms with Gasteiger partial charge in [0.05, 0.1) is 6.61 Å². The zero-order valence-electron chi connectivity index (χ0n) is 18.0. The molecule has 0 unspecified atom stereocenters. The second-order valence-corrected chi connectivity index (χ2v) is 8.31. The van der Waals surface area contributed by atoms with Crippen molar-refractivity contribution in [2.45, 2.75) is 105 Å². The van der Waals surface area contributed by atoms with Crippen molar-refractivity contribution in [2.24, 2.45) is 5.41 Å². The second-order valence-electron chi connectivity index (χ2n) is 8.31. The van der Waals surface area contributed by atoms with Crippen LogP contribution in [0.2, 0.25) is 0 Å². The van der Waals surface area contributed by atoms with E-state index in [1.54, 1.807) is 0 Å². The Kier molecular flexibility index (Phi) is 15.7. The van der Waals surface area contributed by atoms with Crippen molar-refractivity contribution in [3.63, 3.8) is 0 Å². The lowest BCUT2D eigenvalue weighted by atomic mass is 9.99. The summed E-state index contributed by atoms with van der Waals surface area (Å²) in [6, 6.07) is 0. The molecule has 0 spiro atoms. The standard InChI is InChI=1S/C23H40O4/c1-5-6-7-8-9-10-11-12-13-14-15-19-26-21(24)17-16-18-22(25)27-20-23(2,3)4/h5-13,16-20H2,1-4H3. The summed E-state index contributed by atoms with van der Waals surface area (Å²) in [6.45, 7) is 8.80. The van der Waals surface area contributed by atoms with Crippen LogP contribution in [-0.2, 0) is 19.1 Å². The third-order valence-electron chi connectivity index (χ3n) is 4.01. The molecule has 0 amide bonds. The third kappa shape index (κ3) is 20.7. The van der Waals surface area contributed by atoms with Gasteiger partial charge in [0.1, 0.15) is 0 Å². The lowest BCUT2D eigenvalue weighted by Gasteiger charge is -2.17. The van der Waals surface area contributed by atoms with Gasteiger partial charge in [0.25, 0.3) is 0 Å². The van der Waals surface area contributed by atoms with Crippen LogP contribution in [0.15, 0.2) is 0 Å². The van der Waals surface area contributed by atoms with E-state index in [1.807, 2.05) is 20.8 Å². The van der Waals surface area contributed by atoms with Gasteiger partial charge in [-0.3, -0.25) is 9.59 Å². The Morgan fingerprint density at radius 2 is 1.30 bits per heavy atom. The minimum absolute atomic E-state index is 0.0398. The van der Waals surface area contributed by atoms with E-state index in [9.17, 15) is 9.59 Å². The molecule has 0 fully saturated rings. The summed E-state index contributed by atoms with van der Waals surface area (Å²) in [4.78, 5) is 23.1. The van der Waals surface area contributed by atoms with Gasteiger partial charge in [-0.2, -0.15) is 0 Å². The van der Waals surface area contributed by atoms with Crippen molar-refractivity contribution >= 4 is 11.9 Å². The van der Waals surface area contributed by atoms with Crippen molar-refractivity contribution in [3.8, 4) is 11.8 Å². The Labute approximate surface area is 166 Å². The zero-order valence-corrected chi connectivity index (χ0v) is 18.0. The summed E-state index contributed by atoms with van der Waals surface area (Å²) in [5, 5.41) is 0. The molecule has 0 heterocycles. The van der Waals surface area contributed by atoms with Crippen LogP contribution in [0, 0.1) is 17.3 Å². The molecule has 4 heteroatoms. The van der Waals surface area contributed by atoms with Gasteiger partial charge in [0.2, 0.25) is 0 Å². The number of carbonyl (C=O) groups is 2. The topological polar surface area (TPSA) is 52.6 Å². The highest BCUT2D eigenvalue weighted by molar-refractivity contribution is 5.72. The Hall–Kier alpha value is -1.50. The molecule has 0 N–H and O–H groups in total. The van der Waals surface area contributed by atoms with Gasteiger partial charge in [0.15, 0.2) is 6.61 Å². The smallest absolute Gasteiger partial charge is 0.306 e. The largest absolute Gasteiger partial charge is 0.465 e. The maximum Gasteiger partial charge on any atom is 0.306 e. The molecule has 0 saturated carbocycles. The molecule has 0 aromatic rings. The normalized spacial score (nSPS) is 10.8. The van der Waals surface area contributed by atoms with E-state index in [-0.39, 0.29) is 36.8 Å². The predicted molar refractivity (Wildman–Crippen MR) is 110 cm³/mol. The van der Waals surface area contributed by atoms with Gasteiger partial charge in [0, 0.05) is 19.3 Å². The lowest BCUT2D eigenvalue weighted by Crippen LogP contribution is -2.18. The molecule has 0 aliphatic carbocycles. The van der Waals surface area contributed by atoms with Crippen molar-refractivity contribution in [1.82, 2.24) is 0 Å².